The smallest absolute Gasteiger partial charge is 0.340 e. The van der Waals surface area contributed by atoms with Crippen LogP contribution in [0.25, 0.3) is 0 Å². The van der Waals surface area contributed by atoms with Crippen molar-refractivity contribution in [3.05, 3.63) is 38.9 Å². The molecule has 1 rings (SSSR count). The molecule has 1 amide bonds. The topological polar surface area (TPSA) is 98.5 Å². The van der Waals surface area contributed by atoms with Crippen molar-refractivity contribution in [2.24, 2.45) is 0 Å². The van der Waals surface area contributed by atoms with Crippen molar-refractivity contribution in [1.82, 2.24) is 5.32 Å². The maximum Gasteiger partial charge on any atom is 0.340 e. The molecule has 1 aromatic carbocycles. The fourth-order valence-electron chi connectivity index (χ4n) is 1.41. The predicted octanol–water partition coefficient (Wildman–Crippen LogP) is 2.32. The predicted molar refractivity (Wildman–Crippen MR) is 76.3 cm³/mol. The summed E-state index contributed by atoms with van der Waals surface area (Å²) in [6.07, 6.45) is 0.746. The van der Waals surface area contributed by atoms with E-state index < -0.39 is 23.4 Å². The summed E-state index contributed by atoms with van der Waals surface area (Å²) in [5.41, 5.74) is -0.433. The molecule has 0 unspecified atom stereocenters. The molecule has 0 aliphatic carbocycles. The highest BCUT2D eigenvalue weighted by Crippen LogP contribution is 2.22. The maximum absolute atomic E-state index is 11.8. The Morgan fingerprint density at radius 2 is 2.14 bits per heavy atom. The molecule has 1 N–H and O–H groups in total. The van der Waals surface area contributed by atoms with E-state index in [1.165, 1.54) is 12.1 Å². The Bertz CT molecular complexity index is 561. The van der Waals surface area contributed by atoms with E-state index in [0.29, 0.717) is 0 Å². The van der Waals surface area contributed by atoms with Crippen molar-refractivity contribution in [3.8, 4) is 0 Å². The molecule has 0 saturated carbocycles. The van der Waals surface area contributed by atoms with Gasteiger partial charge in [0, 0.05) is 18.2 Å². The number of nitro benzene ring substituents is 1. The SMILES string of the molecule is CC[C@H](C)NC(=O)COC(=O)c1cc([N+](=O)[O-])ccc1Cl. The number of nitrogens with zero attached hydrogens (tertiary/aromatic N) is 1. The Balaban J connectivity index is 2.70. The average Bonchev–Trinajstić information content (AvgIpc) is 2.44. The molecule has 0 radical (unpaired) electrons. The number of esters is 1. The monoisotopic (exact) mass is 314 g/mol. The van der Waals surface area contributed by atoms with Crippen LogP contribution in [0.3, 0.4) is 0 Å². The minimum Gasteiger partial charge on any atom is -0.452 e. The number of amides is 1. The van der Waals surface area contributed by atoms with Crippen molar-refractivity contribution >= 4 is 29.2 Å². The maximum atomic E-state index is 11.8. The number of non-ortho nitro benzene ring substituents is 1. The molecule has 0 fully saturated rings. The lowest BCUT2D eigenvalue weighted by molar-refractivity contribution is -0.384. The quantitative estimate of drug-likeness (QED) is 0.493. The van der Waals surface area contributed by atoms with Gasteiger partial charge in [0.1, 0.15) is 0 Å². The van der Waals surface area contributed by atoms with Crippen LogP contribution in [0.15, 0.2) is 18.2 Å². The second kappa shape index (κ2) is 7.58. The van der Waals surface area contributed by atoms with Crippen molar-refractivity contribution in [2.45, 2.75) is 26.3 Å². The molecular weight excluding hydrogens is 300 g/mol. The number of ether oxygens (including phenoxy) is 1. The lowest BCUT2D eigenvalue weighted by Gasteiger charge is -2.11. The Morgan fingerprint density at radius 3 is 2.71 bits per heavy atom. The minimum absolute atomic E-state index is 0.0212. The van der Waals surface area contributed by atoms with E-state index in [4.69, 9.17) is 16.3 Å². The zero-order valence-electron chi connectivity index (χ0n) is 11.6. The van der Waals surface area contributed by atoms with E-state index in [2.05, 4.69) is 5.32 Å². The lowest BCUT2D eigenvalue weighted by Crippen LogP contribution is -2.35. The summed E-state index contributed by atoms with van der Waals surface area (Å²) >= 11 is 5.79. The molecule has 7 nitrogen and oxygen atoms in total. The van der Waals surface area contributed by atoms with Crippen LogP contribution in [0.5, 0.6) is 0 Å². The second-order valence-corrected chi connectivity index (χ2v) is 4.78. The summed E-state index contributed by atoms with van der Waals surface area (Å²) in [5.74, 6) is -1.33. The molecule has 8 heteroatoms. The highest BCUT2D eigenvalue weighted by molar-refractivity contribution is 6.33. The molecule has 1 atom stereocenters. The summed E-state index contributed by atoms with van der Waals surface area (Å²) in [7, 11) is 0. The van der Waals surface area contributed by atoms with Gasteiger partial charge in [-0.2, -0.15) is 0 Å². The molecule has 0 aromatic heterocycles. The van der Waals surface area contributed by atoms with E-state index >= 15 is 0 Å². The molecule has 0 aliphatic heterocycles. The number of carbonyl (C=O) groups is 2. The van der Waals surface area contributed by atoms with E-state index in [1.807, 2.05) is 13.8 Å². The van der Waals surface area contributed by atoms with E-state index in [-0.39, 0.29) is 22.3 Å². The van der Waals surface area contributed by atoms with Gasteiger partial charge < -0.3 is 10.1 Å². The van der Waals surface area contributed by atoms with Crippen LogP contribution >= 0.6 is 11.6 Å². The van der Waals surface area contributed by atoms with Crippen molar-refractivity contribution in [3.63, 3.8) is 0 Å². The Morgan fingerprint density at radius 1 is 1.48 bits per heavy atom. The molecule has 0 bridgehead atoms. The number of benzene rings is 1. The van der Waals surface area contributed by atoms with Crippen LogP contribution in [0.2, 0.25) is 5.02 Å². The molecule has 0 heterocycles. The van der Waals surface area contributed by atoms with Gasteiger partial charge >= 0.3 is 5.97 Å². The van der Waals surface area contributed by atoms with Crippen molar-refractivity contribution in [1.29, 1.82) is 0 Å². The Kier molecular flexibility index (Phi) is 6.10. The van der Waals surface area contributed by atoms with Gasteiger partial charge in [-0.05, 0) is 19.4 Å². The first-order valence-electron chi connectivity index (χ1n) is 6.25. The standard InChI is InChI=1S/C13H15ClN2O5/c1-3-8(2)15-12(17)7-21-13(18)10-6-9(16(19)20)4-5-11(10)14/h4-6,8H,3,7H2,1-2H3,(H,15,17)/t8-/m0/s1. The Hall–Kier alpha value is -2.15. The number of carbonyl (C=O) groups excluding carboxylic acids is 2. The molecule has 0 saturated heterocycles. The first kappa shape index (κ1) is 16.9. The molecule has 114 valence electrons. The fraction of sp³-hybridized carbons (Fsp3) is 0.385. The number of nitrogens with one attached hydrogen (secondary N) is 1. The van der Waals surface area contributed by atoms with E-state index in [1.54, 1.807) is 0 Å². The zero-order chi connectivity index (χ0) is 16.0. The van der Waals surface area contributed by atoms with E-state index in [0.717, 1.165) is 12.5 Å². The van der Waals surface area contributed by atoms with E-state index in [9.17, 15) is 19.7 Å². The van der Waals surface area contributed by atoms with Crippen molar-refractivity contribution in [2.75, 3.05) is 6.61 Å². The largest absolute Gasteiger partial charge is 0.452 e. The number of hydrogen-bond acceptors (Lipinski definition) is 5. The highest BCUT2D eigenvalue weighted by atomic mass is 35.5. The van der Waals surface area contributed by atoms with Gasteiger partial charge in [-0.25, -0.2) is 4.79 Å². The Labute approximate surface area is 126 Å². The van der Waals surface area contributed by atoms with Crippen LogP contribution in [0.4, 0.5) is 5.69 Å². The van der Waals surface area contributed by atoms with Crippen LogP contribution in [-0.4, -0.2) is 29.4 Å². The number of halogens is 1. The normalized spacial score (nSPS) is 11.6. The molecule has 1 aromatic rings. The zero-order valence-corrected chi connectivity index (χ0v) is 12.3. The van der Waals surface area contributed by atoms with Gasteiger partial charge in [-0.1, -0.05) is 18.5 Å². The summed E-state index contributed by atoms with van der Waals surface area (Å²) in [6.45, 7) is 3.25. The van der Waals surface area contributed by atoms with Gasteiger partial charge in [-0.3, -0.25) is 14.9 Å². The van der Waals surface area contributed by atoms with Crippen LogP contribution in [0.1, 0.15) is 30.6 Å². The van der Waals surface area contributed by atoms with Gasteiger partial charge in [0.15, 0.2) is 6.61 Å². The third kappa shape index (κ3) is 5.03. The molecular formula is C13H15ClN2O5. The molecule has 21 heavy (non-hydrogen) atoms. The summed E-state index contributed by atoms with van der Waals surface area (Å²) < 4.78 is 4.79. The number of rotatable bonds is 6. The number of hydrogen-bond donors (Lipinski definition) is 1. The third-order valence-electron chi connectivity index (χ3n) is 2.73. The third-order valence-corrected chi connectivity index (χ3v) is 3.06. The summed E-state index contributed by atoms with van der Waals surface area (Å²) in [6, 6.07) is 3.39. The summed E-state index contributed by atoms with van der Waals surface area (Å²) in [4.78, 5) is 33.3. The van der Waals surface area contributed by atoms with Gasteiger partial charge in [-0.15, -0.1) is 0 Å². The first-order valence-corrected chi connectivity index (χ1v) is 6.63. The molecule has 0 aliphatic rings. The summed E-state index contributed by atoms with van der Waals surface area (Å²) in [5, 5.41) is 13.3. The van der Waals surface area contributed by atoms with Gasteiger partial charge in [0.25, 0.3) is 11.6 Å². The van der Waals surface area contributed by atoms with Crippen LogP contribution in [-0.2, 0) is 9.53 Å². The van der Waals surface area contributed by atoms with Gasteiger partial charge in [0.2, 0.25) is 0 Å². The highest BCUT2D eigenvalue weighted by Gasteiger charge is 2.18. The second-order valence-electron chi connectivity index (χ2n) is 4.37. The minimum atomic E-state index is -0.886. The molecule has 0 spiro atoms. The number of nitro groups is 1. The average molecular weight is 315 g/mol. The first-order chi connectivity index (χ1) is 9.85. The van der Waals surface area contributed by atoms with Gasteiger partial charge in [0.05, 0.1) is 15.5 Å². The van der Waals surface area contributed by atoms with Crippen LogP contribution < -0.4 is 5.32 Å². The van der Waals surface area contributed by atoms with Crippen molar-refractivity contribution < 1.29 is 19.2 Å². The lowest BCUT2D eigenvalue weighted by atomic mass is 10.2. The van der Waals surface area contributed by atoms with Crippen LogP contribution in [0, 0.1) is 10.1 Å². The fourth-order valence-corrected chi connectivity index (χ4v) is 1.61.